The average molecular weight is 454 g/mol. The number of anilines is 2. The zero-order valence-corrected chi connectivity index (χ0v) is 17.6. The fourth-order valence-electron chi connectivity index (χ4n) is 3.87. The first kappa shape index (κ1) is 20.1. The van der Waals surface area contributed by atoms with Crippen LogP contribution in [0.15, 0.2) is 47.5 Å². The van der Waals surface area contributed by atoms with E-state index in [0.29, 0.717) is 35.9 Å². The summed E-state index contributed by atoms with van der Waals surface area (Å²) < 4.78 is 16.4. The molecule has 1 unspecified atom stereocenters. The molecule has 4 aromatic rings. The van der Waals surface area contributed by atoms with Crippen LogP contribution < -0.4 is 16.2 Å². The van der Waals surface area contributed by atoms with E-state index in [9.17, 15) is 14.0 Å². The van der Waals surface area contributed by atoms with E-state index < -0.39 is 11.4 Å². The zero-order valence-electron chi connectivity index (χ0n) is 16.9. The molecule has 0 bridgehead atoms. The average Bonchev–Trinajstić information content (AvgIpc) is 3.09. The molecular formula is C21H17ClFN7O2. The molecule has 4 heterocycles. The van der Waals surface area contributed by atoms with E-state index >= 15 is 0 Å². The summed E-state index contributed by atoms with van der Waals surface area (Å²) in [4.78, 5) is 35.6. The van der Waals surface area contributed by atoms with Crippen molar-refractivity contribution in [2.45, 2.75) is 19.4 Å². The largest absolute Gasteiger partial charge is 0.368 e. The second kappa shape index (κ2) is 7.41. The number of ketones is 1. The lowest BCUT2D eigenvalue weighted by Crippen LogP contribution is -2.46. The molecule has 162 valence electrons. The SMILES string of the molecule is CC(=O)c1cnc(N)nc1N1CCC1c1nn2ccc(Cl)c2c(=O)n1-c1ccc(F)cc1. The Morgan fingerprint density at radius 3 is 2.66 bits per heavy atom. The number of benzene rings is 1. The van der Waals surface area contributed by atoms with Crippen LogP contribution in [0.3, 0.4) is 0 Å². The van der Waals surface area contributed by atoms with E-state index in [0.717, 1.165) is 0 Å². The molecule has 1 aliphatic heterocycles. The maximum absolute atomic E-state index is 13.6. The normalized spacial score (nSPS) is 15.7. The fourth-order valence-corrected chi connectivity index (χ4v) is 4.09. The van der Waals surface area contributed by atoms with Gasteiger partial charge in [-0.1, -0.05) is 11.6 Å². The number of hydrogen-bond donors (Lipinski definition) is 1. The molecule has 9 nitrogen and oxygen atoms in total. The first-order chi connectivity index (χ1) is 15.3. The Morgan fingerprint density at radius 1 is 1.25 bits per heavy atom. The number of nitrogens with zero attached hydrogens (tertiary/aromatic N) is 6. The van der Waals surface area contributed by atoms with Gasteiger partial charge in [0.05, 0.1) is 22.3 Å². The Hall–Kier alpha value is -3.79. The molecule has 1 atom stereocenters. The van der Waals surface area contributed by atoms with Crippen molar-refractivity contribution in [1.82, 2.24) is 24.1 Å². The van der Waals surface area contributed by atoms with Crippen LogP contribution in [-0.2, 0) is 0 Å². The molecular weight excluding hydrogens is 437 g/mol. The van der Waals surface area contributed by atoms with Gasteiger partial charge >= 0.3 is 0 Å². The number of nitrogens with two attached hydrogens (primary N) is 1. The van der Waals surface area contributed by atoms with E-state index in [1.807, 2.05) is 4.90 Å². The van der Waals surface area contributed by atoms with Crippen LogP contribution in [0.5, 0.6) is 0 Å². The molecule has 1 aromatic carbocycles. The van der Waals surface area contributed by atoms with Gasteiger partial charge in [-0.25, -0.2) is 13.9 Å². The Kier molecular flexibility index (Phi) is 4.66. The first-order valence-electron chi connectivity index (χ1n) is 9.81. The number of rotatable bonds is 4. The molecule has 0 aliphatic carbocycles. The number of carbonyl (C=O) groups is 1. The molecule has 3 aromatic heterocycles. The number of halogens is 2. The topological polar surface area (TPSA) is 111 Å². The number of fused-ring (bicyclic) bond motifs is 1. The van der Waals surface area contributed by atoms with Crippen LogP contribution in [0, 0.1) is 5.82 Å². The van der Waals surface area contributed by atoms with Gasteiger partial charge in [0.25, 0.3) is 5.56 Å². The second-order valence-corrected chi connectivity index (χ2v) is 7.86. The Balaban J connectivity index is 1.72. The highest BCUT2D eigenvalue weighted by Gasteiger charge is 2.37. The van der Waals surface area contributed by atoms with Crippen LogP contribution >= 0.6 is 11.6 Å². The summed E-state index contributed by atoms with van der Waals surface area (Å²) in [6.07, 6.45) is 3.64. The van der Waals surface area contributed by atoms with E-state index in [2.05, 4.69) is 15.1 Å². The first-order valence-corrected chi connectivity index (χ1v) is 10.2. The van der Waals surface area contributed by atoms with Crippen LogP contribution in [0.2, 0.25) is 5.02 Å². The van der Waals surface area contributed by atoms with Crippen LogP contribution in [0.1, 0.15) is 35.6 Å². The van der Waals surface area contributed by atoms with Crippen molar-refractivity contribution in [1.29, 1.82) is 0 Å². The summed E-state index contributed by atoms with van der Waals surface area (Å²) in [6, 6.07) is 6.75. The molecule has 11 heteroatoms. The van der Waals surface area contributed by atoms with Crippen molar-refractivity contribution in [2.24, 2.45) is 0 Å². The quantitative estimate of drug-likeness (QED) is 0.473. The molecule has 0 spiro atoms. The Labute approximate surface area is 185 Å². The summed E-state index contributed by atoms with van der Waals surface area (Å²) in [5, 5.41) is 4.91. The van der Waals surface area contributed by atoms with Crippen LogP contribution in [-0.4, -0.2) is 36.5 Å². The van der Waals surface area contributed by atoms with Crippen molar-refractivity contribution in [3.63, 3.8) is 0 Å². The van der Waals surface area contributed by atoms with E-state index in [1.54, 1.807) is 12.3 Å². The van der Waals surface area contributed by atoms with Gasteiger partial charge in [0, 0.05) is 18.9 Å². The van der Waals surface area contributed by atoms with Crippen LogP contribution in [0.4, 0.5) is 16.2 Å². The van der Waals surface area contributed by atoms with Crippen LogP contribution in [0.25, 0.3) is 11.2 Å². The summed E-state index contributed by atoms with van der Waals surface area (Å²) in [6.45, 7) is 2.00. The molecule has 0 saturated carbocycles. The minimum absolute atomic E-state index is 0.0344. The highest BCUT2D eigenvalue weighted by molar-refractivity contribution is 6.33. The molecule has 2 N–H and O–H groups in total. The second-order valence-electron chi connectivity index (χ2n) is 7.45. The van der Waals surface area contributed by atoms with Gasteiger partial charge in [0.15, 0.2) is 11.6 Å². The molecule has 5 rings (SSSR count). The number of Topliss-reactive ketones (excluding diaryl/α,β-unsaturated/α-hetero) is 1. The Morgan fingerprint density at radius 2 is 2.00 bits per heavy atom. The lowest BCUT2D eigenvalue weighted by Gasteiger charge is -2.42. The highest BCUT2D eigenvalue weighted by Crippen LogP contribution is 2.38. The molecule has 1 saturated heterocycles. The van der Waals surface area contributed by atoms with Gasteiger partial charge in [0.2, 0.25) is 5.95 Å². The summed E-state index contributed by atoms with van der Waals surface area (Å²) >= 11 is 6.23. The predicted molar refractivity (Wildman–Crippen MR) is 117 cm³/mol. The predicted octanol–water partition coefficient (Wildman–Crippen LogP) is 2.80. The van der Waals surface area contributed by atoms with Gasteiger partial charge in [-0.3, -0.25) is 14.2 Å². The molecule has 32 heavy (non-hydrogen) atoms. The lowest BCUT2D eigenvalue weighted by atomic mass is 10.00. The Bertz CT molecular complexity index is 1430. The number of nitrogen functional groups attached to an aromatic ring is 1. The third-order valence-corrected chi connectivity index (χ3v) is 5.81. The summed E-state index contributed by atoms with van der Waals surface area (Å²) in [5.41, 5.74) is 6.37. The minimum atomic E-state index is -0.425. The van der Waals surface area contributed by atoms with Crippen molar-refractivity contribution in [3.8, 4) is 5.69 Å². The van der Waals surface area contributed by atoms with Crippen molar-refractivity contribution in [2.75, 3.05) is 17.2 Å². The summed E-state index contributed by atoms with van der Waals surface area (Å²) in [7, 11) is 0. The van der Waals surface area contributed by atoms with Gasteiger partial charge < -0.3 is 10.6 Å². The van der Waals surface area contributed by atoms with Crippen molar-refractivity contribution in [3.05, 3.63) is 75.3 Å². The smallest absolute Gasteiger partial charge is 0.284 e. The van der Waals surface area contributed by atoms with E-state index in [-0.39, 0.29) is 28.3 Å². The lowest BCUT2D eigenvalue weighted by molar-refractivity contribution is 0.101. The van der Waals surface area contributed by atoms with Gasteiger partial charge in [-0.2, -0.15) is 10.1 Å². The summed E-state index contributed by atoms with van der Waals surface area (Å²) in [5.74, 6) is 0.186. The third kappa shape index (κ3) is 3.11. The monoisotopic (exact) mass is 453 g/mol. The standard InChI is InChI=1S/C21H17ClFN7O2/c1-11(31)14-10-25-21(24)26-18(14)28-8-7-16(28)19-27-29-9-6-15(22)17(29)20(32)30(19)13-4-2-12(23)3-5-13/h2-6,9-10,16H,7-8H2,1H3,(H2,24,25,26). The number of hydrogen-bond acceptors (Lipinski definition) is 7. The molecule has 1 fully saturated rings. The maximum Gasteiger partial charge on any atom is 0.284 e. The minimum Gasteiger partial charge on any atom is -0.368 e. The molecule has 1 aliphatic rings. The number of carbonyl (C=O) groups excluding carboxylic acids is 1. The molecule has 0 amide bonds. The van der Waals surface area contributed by atoms with Gasteiger partial charge in [-0.15, -0.1) is 0 Å². The fraction of sp³-hybridized carbons (Fsp3) is 0.190. The van der Waals surface area contributed by atoms with Crippen molar-refractivity contribution >= 4 is 34.7 Å². The van der Waals surface area contributed by atoms with Gasteiger partial charge in [0.1, 0.15) is 17.2 Å². The maximum atomic E-state index is 13.6. The van der Waals surface area contributed by atoms with Crippen molar-refractivity contribution < 1.29 is 9.18 Å². The van der Waals surface area contributed by atoms with Gasteiger partial charge in [-0.05, 0) is 43.7 Å². The van der Waals surface area contributed by atoms with E-state index in [4.69, 9.17) is 17.3 Å². The zero-order chi connectivity index (χ0) is 22.6. The number of aromatic nitrogens is 5. The highest BCUT2D eigenvalue weighted by atomic mass is 35.5. The molecule has 0 radical (unpaired) electrons. The third-order valence-electron chi connectivity index (χ3n) is 5.50. The van der Waals surface area contributed by atoms with E-state index in [1.165, 1.54) is 46.5 Å².